The van der Waals surface area contributed by atoms with Crippen molar-refractivity contribution in [3.05, 3.63) is 59.7 Å². The van der Waals surface area contributed by atoms with Crippen LogP contribution < -0.4 is 14.1 Å². The second-order valence-corrected chi connectivity index (χ2v) is 7.16. The monoisotopic (exact) mass is 389 g/mol. The molecule has 0 bridgehead atoms. The van der Waals surface area contributed by atoms with Crippen molar-refractivity contribution in [1.29, 1.82) is 0 Å². The first-order valence-corrected chi connectivity index (χ1v) is 9.58. The number of hydrazone groups is 1. The van der Waals surface area contributed by atoms with Crippen LogP contribution in [0.2, 0.25) is 0 Å². The van der Waals surface area contributed by atoms with Gasteiger partial charge in [-0.1, -0.05) is 12.1 Å². The molecule has 0 aromatic heterocycles. The zero-order chi connectivity index (χ0) is 19.6. The molecule has 1 aliphatic rings. The Bertz CT molecular complexity index is 969. The molecule has 2 aromatic carbocycles. The predicted octanol–water partition coefficient (Wildman–Crippen LogP) is 1.98. The molecule has 1 amide bonds. The van der Waals surface area contributed by atoms with E-state index in [1.807, 2.05) is 24.3 Å². The maximum Gasteiger partial charge on any atom is 0.380 e. The third-order valence-corrected chi connectivity index (χ3v) is 4.56. The van der Waals surface area contributed by atoms with Gasteiger partial charge in [-0.3, -0.25) is 4.79 Å². The molecule has 1 atom stereocenters. The summed E-state index contributed by atoms with van der Waals surface area (Å²) in [4.78, 5) is 12.0. The summed E-state index contributed by atoms with van der Waals surface area (Å²) in [7, 11) is -2.48. The van der Waals surface area contributed by atoms with Crippen LogP contribution in [0.3, 0.4) is 0 Å². The normalized spacial score (nSPS) is 16.8. The summed E-state index contributed by atoms with van der Waals surface area (Å²) >= 11 is 0. The molecule has 0 aliphatic carbocycles. The molecule has 2 aromatic rings. The van der Waals surface area contributed by atoms with E-state index in [1.165, 1.54) is 24.1 Å². The molecule has 9 heteroatoms. The lowest BCUT2D eigenvalue weighted by Crippen LogP contribution is -2.24. The van der Waals surface area contributed by atoms with E-state index >= 15 is 0 Å². The molecule has 2 N–H and O–H groups in total. The van der Waals surface area contributed by atoms with E-state index in [-0.39, 0.29) is 17.7 Å². The van der Waals surface area contributed by atoms with Gasteiger partial charge >= 0.3 is 10.3 Å². The Kier molecular flexibility index (Phi) is 5.15. The van der Waals surface area contributed by atoms with Crippen LogP contribution in [0, 0.1) is 0 Å². The molecule has 0 radical (unpaired) electrons. The van der Waals surface area contributed by atoms with Crippen LogP contribution in [0.5, 0.6) is 11.5 Å². The van der Waals surface area contributed by atoms with Crippen molar-refractivity contribution in [3.8, 4) is 11.5 Å². The maximum absolute atomic E-state index is 12.0. The van der Waals surface area contributed by atoms with Crippen molar-refractivity contribution in [2.75, 3.05) is 7.11 Å². The quantitative estimate of drug-likeness (QED) is 0.840. The summed E-state index contributed by atoms with van der Waals surface area (Å²) in [5.41, 5.74) is 2.42. The highest BCUT2D eigenvalue weighted by Crippen LogP contribution is 2.33. The van der Waals surface area contributed by atoms with Crippen molar-refractivity contribution < 1.29 is 22.1 Å². The highest BCUT2D eigenvalue weighted by molar-refractivity contribution is 7.84. The first kappa shape index (κ1) is 18.9. The lowest BCUT2D eigenvalue weighted by Gasteiger charge is -2.20. The third-order valence-electron chi connectivity index (χ3n) is 4.13. The van der Waals surface area contributed by atoms with Gasteiger partial charge < -0.3 is 8.92 Å². The standard InChI is InChI=1S/C18H19N3O5S/c1-12(22)21-18(14-5-7-15(25-2)8-6-14)11-17(20-21)13-3-9-16(10-4-13)26-27(19,23)24/h3-10,18H,11H2,1-2H3,(H2,19,23,24). The highest BCUT2D eigenvalue weighted by Gasteiger charge is 2.31. The number of rotatable bonds is 5. The molecule has 142 valence electrons. The second kappa shape index (κ2) is 7.37. The first-order valence-electron chi connectivity index (χ1n) is 8.10. The fraction of sp³-hybridized carbons (Fsp3) is 0.222. The smallest absolute Gasteiger partial charge is 0.380 e. The SMILES string of the molecule is COc1ccc(C2CC(c3ccc(OS(N)(=O)=O)cc3)=NN2C(C)=O)cc1. The van der Waals surface area contributed by atoms with Crippen LogP contribution in [0.15, 0.2) is 53.6 Å². The zero-order valence-corrected chi connectivity index (χ0v) is 15.6. The molecule has 1 unspecified atom stereocenters. The largest absolute Gasteiger partial charge is 0.497 e. The number of nitrogens with zero attached hydrogens (tertiary/aromatic N) is 2. The summed E-state index contributed by atoms with van der Waals surface area (Å²) in [6, 6.07) is 13.6. The fourth-order valence-corrected chi connectivity index (χ4v) is 3.28. The molecule has 27 heavy (non-hydrogen) atoms. The Balaban J connectivity index is 1.84. The lowest BCUT2D eigenvalue weighted by atomic mass is 9.98. The van der Waals surface area contributed by atoms with E-state index < -0.39 is 10.3 Å². The topological polar surface area (TPSA) is 111 Å². The lowest BCUT2D eigenvalue weighted by molar-refractivity contribution is -0.130. The molecule has 0 saturated heterocycles. The first-order chi connectivity index (χ1) is 12.8. The number of carbonyl (C=O) groups is 1. The molecule has 3 rings (SSSR count). The van der Waals surface area contributed by atoms with Crippen molar-refractivity contribution in [1.82, 2.24) is 5.01 Å². The molecule has 0 fully saturated rings. The predicted molar refractivity (Wildman–Crippen MR) is 99.6 cm³/mol. The minimum Gasteiger partial charge on any atom is -0.497 e. The Labute approximate surface area is 157 Å². The highest BCUT2D eigenvalue weighted by atomic mass is 32.2. The molecule has 0 saturated carbocycles. The fourth-order valence-electron chi connectivity index (χ4n) is 2.90. The van der Waals surface area contributed by atoms with E-state index in [1.54, 1.807) is 19.2 Å². The van der Waals surface area contributed by atoms with Gasteiger partial charge in [-0.15, -0.1) is 0 Å². The van der Waals surface area contributed by atoms with Crippen molar-refractivity contribution in [3.63, 3.8) is 0 Å². The van der Waals surface area contributed by atoms with Gasteiger partial charge in [-0.2, -0.15) is 18.7 Å². The number of nitrogens with two attached hydrogens (primary N) is 1. The minimum atomic E-state index is -4.07. The van der Waals surface area contributed by atoms with Crippen molar-refractivity contribution in [2.45, 2.75) is 19.4 Å². The third kappa shape index (κ3) is 4.44. The second-order valence-electron chi connectivity index (χ2n) is 6.00. The molecular formula is C18H19N3O5S. The number of benzene rings is 2. The van der Waals surface area contributed by atoms with Gasteiger partial charge in [-0.05, 0) is 47.5 Å². The average Bonchev–Trinajstić information content (AvgIpc) is 3.07. The number of carbonyl (C=O) groups excluding carboxylic acids is 1. The average molecular weight is 389 g/mol. The summed E-state index contributed by atoms with van der Waals surface area (Å²) in [5.74, 6) is 0.674. The molecule has 1 aliphatic heterocycles. The number of methoxy groups -OCH3 is 1. The Morgan fingerprint density at radius 2 is 1.70 bits per heavy atom. The van der Waals surface area contributed by atoms with Crippen LogP contribution in [-0.2, 0) is 15.1 Å². The number of ether oxygens (including phenoxy) is 1. The zero-order valence-electron chi connectivity index (χ0n) is 14.8. The summed E-state index contributed by atoms with van der Waals surface area (Å²) in [6.45, 7) is 1.46. The van der Waals surface area contributed by atoms with E-state index in [0.29, 0.717) is 12.1 Å². The minimum absolute atomic E-state index is 0.106. The Hall–Kier alpha value is -2.91. The van der Waals surface area contributed by atoms with Gasteiger partial charge in [0, 0.05) is 13.3 Å². The van der Waals surface area contributed by atoms with E-state index in [9.17, 15) is 13.2 Å². The van der Waals surface area contributed by atoms with Crippen LogP contribution in [0.25, 0.3) is 0 Å². The van der Waals surface area contributed by atoms with E-state index in [2.05, 4.69) is 9.28 Å². The van der Waals surface area contributed by atoms with Crippen LogP contribution in [0.4, 0.5) is 0 Å². The maximum atomic E-state index is 12.0. The van der Waals surface area contributed by atoms with Crippen LogP contribution in [0.1, 0.15) is 30.5 Å². The van der Waals surface area contributed by atoms with Gasteiger partial charge in [-0.25, -0.2) is 5.01 Å². The van der Waals surface area contributed by atoms with Gasteiger partial charge in [0.25, 0.3) is 0 Å². The van der Waals surface area contributed by atoms with Gasteiger partial charge in [0.2, 0.25) is 5.91 Å². The molecular weight excluding hydrogens is 370 g/mol. The Morgan fingerprint density at radius 3 is 2.22 bits per heavy atom. The van der Waals surface area contributed by atoms with Crippen molar-refractivity contribution in [2.24, 2.45) is 10.2 Å². The van der Waals surface area contributed by atoms with E-state index in [0.717, 1.165) is 16.9 Å². The van der Waals surface area contributed by atoms with Gasteiger partial charge in [0.15, 0.2) is 0 Å². The summed E-state index contributed by atoms with van der Waals surface area (Å²) < 4.78 is 31.8. The van der Waals surface area contributed by atoms with Crippen LogP contribution in [-0.4, -0.2) is 32.2 Å². The summed E-state index contributed by atoms with van der Waals surface area (Å²) in [5, 5.41) is 10.8. The van der Waals surface area contributed by atoms with E-state index in [4.69, 9.17) is 9.88 Å². The Morgan fingerprint density at radius 1 is 1.11 bits per heavy atom. The number of hydrogen-bond donors (Lipinski definition) is 1. The summed E-state index contributed by atoms with van der Waals surface area (Å²) in [6.07, 6.45) is 0.529. The molecule has 8 nitrogen and oxygen atoms in total. The number of amides is 1. The molecule has 0 spiro atoms. The number of hydrogen-bond acceptors (Lipinski definition) is 6. The van der Waals surface area contributed by atoms with Gasteiger partial charge in [0.05, 0.1) is 18.9 Å². The molecule has 1 heterocycles. The van der Waals surface area contributed by atoms with Crippen molar-refractivity contribution >= 4 is 21.9 Å². The van der Waals surface area contributed by atoms with Gasteiger partial charge in [0.1, 0.15) is 11.5 Å². The van der Waals surface area contributed by atoms with Crippen LogP contribution >= 0.6 is 0 Å².